The van der Waals surface area contributed by atoms with Gasteiger partial charge in [-0.05, 0) is 42.5 Å². The van der Waals surface area contributed by atoms with Crippen LogP contribution in [0.5, 0.6) is 0 Å². The molecule has 6 nitrogen and oxygen atoms in total. The molecule has 2 N–H and O–H groups in total. The summed E-state index contributed by atoms with van der Waals surface area (Å²) in [6.07, 6.45) is 3.37. The Morgan fingerprint density at radius 1 is 1.09 bits per heavy atom. The van der Waals surface area contributed by atoms with Gasteiger partial charge in [0.2, 0.25) is 5.91 Å². The molecule has 2 unspecified atom stereocenters. The number of halogens is 1. The SMILES string of the molecule is CC1(C)CN(C(=O)C2CCCCC2NC(=O)OCc2ccccc2)CC[C@]1(O)c1ccc(Cl)cc1. The molecular weight excluding hydrogens is 464 g/mol. The Bertz CT molecular complexity index is 1030. The molecule has 1 aliphatic heterocycles. The van der Waals surface area contributed by atoms with Crippen molar-refractivity contribution in [3.05, 3.63) is 70.7 Å². The lowest BCUT2D eigenvalue weighted by Gasteiger charge is -2.51. The number of carbonyl (C=O) groups is 2. The Kier molecular flexibility index (Phi) is 7.72. The molecule has 1 aliphatic carbocycles. The molecule has 1 saturated carbocycles. The number of hydrogen-bond acceptors (Lipinski definition) is 4. The molecular formula is C28H35ClN2O4. The highest BCUT2D eigenvalue weighted by Gasteiger charge is 2.50. The Morgan fingerprint density at radius 3 is 2.46 bits per heavy atom. The first kappa shape index (κ1) is 25.5. The molecule has 0 spiro atoms. The number of nitrogens with one attached hydrogen (secondary N) is 1. The average Bonchev–Trinajstić information content (AvgIpc) is 2.85. The normalized spacial score (nSPS) is 26.1. The molecule has 2 aromatic rings. The summed E-state index contributed by atoms with van der Waals surface area (Å²) in [7, 11) is 0. The van der Waals surface area contributed by atoms with E-state index in [4.69, 9.17) is 16.3 Å². The lowest BCUT2D eigenvalue weighted by atomic mass is 9.66. The second kappa shape index (κ2) is 10.6. The summed E-state index contributed by atoms with van der Waals surface area (Å²) in [6.45, 7) is 5.09. The van der Waals surface area contributed by atoms with E-state index >= 15 is 0 Å². The number of aliphatic hydroxyl groups is 1. The molecule has 2 amide bonds. The van der Waals surface area contributed by atoms with E-state index in [1.165, 1.54) is 0 Å². The number of benzene rings is 2. The fourth-order valence-corrected chi connectivity index (χ4v) is 5.65. The van der Waals surface area contributed by atoms with E-state index < -0.39 is 17.1 Å². The molecule has 2 aliphatic rings. The van der Waals surface area contributed by atoms with Gasteiger partial charge in [-0.15, -0.1) is 0 Å². The topological polar surface area (TPSA) is 78.9 Å². The van der Waals surface area contributed by atoms with Crippen LogP contribution < -0.4 is 5.32 Å². The highest BCUT2D eigenvalue weighted by molar-refractivity contribution is 6.30. The Morgan fingerprint density at radius 2 is 1.77 bits per heavy atom. The van der Waals surface area contributed by atoms with Crippen molar-refractivity contribution in [2.24, 2.45) is 11.3 Å². The van der Waals surface area contributed by atoms with E-state index in [1.54, 1.807) is 12.1 Å². The van der Waals surface area contributed by atoms with Crippen molar-refractivity contribution < 1.29 is 19.4 Å². The van der Waals surface area contributed by atoms with E-state index in [0.29, 0.717) is 24.5 Å². The van der Waals surface area contributed by atoms with Gasteiger partial charge in [0.05, 0.1) is 11.5 Å². The van der Waals surface area contributed by atoms with Crippen LogP contribution in [0.4, 0.5) is 4.79 Å². The van der Waals surface area contributed by atoms with E-state index in [0.717, 1.165) is 36.8 Å². The van der Waals surface area contributed by atoms with Crippen LogP contribution in [0.3, 0.4) is 0 Å². The summed E-state index contributed by atoms with van der Waals surface area (Å²) in [5.41, 5.74) is 0.126. The van der Waals surface area contributed by atoms with E-state index in [2.05, 4.69) is 5.32 Å². The van der Waals surface area contributed by atoms with Crippen LogP contribution >= 0.6 is 11.6 Å². The van der Waals surface area contributed by atoms with Crippen molar-refractivity contribution in [3.63, 3.8) is 0 Å². The van der Waals surface area contributed by atoms with Gasteiger partial charge in [0, 0.05) is 29.6 Å². The van der Waals surface area contributed by atoms with Crippen molar-refractivity contribution in [2.45, 2.75) is 64.2 Å². The van der Waals surface area contributed by atoms with Crippen LogP contribution in [0.1, 0.15) is 57.1 Å². The molecule has 7 heteroatoms. The van der Waals surface area contributed by atoms with Gasteiger partial charge in [0.15, 0.2) is 0 Å². The number of alkyl carbamates (subject to hydrolysis) is 1. The minimum Gasteiger partial charge on any atom is -0.445 e. The first-order valence-electron chi connectivity index (χ1n) is 12.4. The Labute approximate surface area is 212 Å². The van der Waals surface area contributed by atoms with Crippen LogP contribution in [0.2, 0.25) is 5.02 Å². The summed E-state index contributed by atoms with van der Waals surface area (Å²) < 4.78 is 5.40. The average molecular weight is 499 g/mol. The van der Waals surface area contributed by atoms with Gasteiger partial charge in [0.25, 0.3) is 0 Å². The third-order valence-corrected chi connectivity index (χ3v) is 7.93. The first-order valence-corrected chi connectivity index (χ1v) is 12.8. The number of likely N-dealkylation sites (tertiary alicyclic amines) is 1. The third-order valence-electron chi connectivity index (χ3n) is 7.68. The highest BCUT2D eigenvalue weighted by atomic mass is 35.5. The summed E-state index contributed by atoms with van der Waals surface area (Å²) >= 11 is 6.04. The summed E-state index contributed by atoms with van der Waals surface area (Å²) in [5.74, 6) is -0.241. The number of carbonyl (C=O) groups excluding carboxylic acids is 2. The molecule has 1 saturated heterocycles. The number of nitrogens with zero attached hydrogens (tertiary/aromatic N) is 1. The maximum atomic E-state index is 13.6. The zero-order valence-electron chi connectivity index (χ0n) is 20.5. The number of rotatable bonds is 5. The van der Waals surface area contributed by atoms with Crippen molar-refractivity contribution in [1.82, 2.24) is 10.2 Å². The second-order valence-corrected chi connectivity index (χ2v) is 10.9. The number of hydrogen-bond donors (Lipinski definition) is 2. The molecule has 35 heavy (non-hydrogen) atoms. The van der Waals surface area contributed by atoms with Gasteiger partial charge in [-0.25, -0.2) is 4.79 Å². The minimum atomic E-state index is -1.06. The smallest absolute Gasteiger partial charge is 0.407 e. The van der Waals surface area contributed by atoms with Crippen molar-refractivity contribution >= 4 is 23.6 Å². The predicted octanol–water partition coefficient (Wildman–Crippen LogP) is 5.27. The van der Waals surface area contributed by atoms with Crippen LogP contribution in [0, 0.1) is 11.3 Å². The van der Waals surface area contributed by atoms with Crippen LogP contribution in [-0.2, 0) is 21.7 Å². The Balaban J connectivity index is 1.40. The van der Waals surface area contributed by atoms with Crippen LogP contribution in [-0.4, -0.2) is 41.1 Å². The molecule has 3 atom stereocenters. The second-order valence-electron chi connectivity index (χ2n) is 10.5. The molecule has 2 aromatic carbocycles. The summed E-state index contributed by atoms with van der Waals surface area (Å²) in [5, 5.41) is 15.2. The van der Waals surface area contributed by atoms with Gasteiger partial charge in [-0.1, -0.05) is 80.8 Å². The molecule has 1 heterocycles. The van der Waals surface area contributed by atoms with Crippen molar-refractivity contribution in [3.8, 4) is 0 Å². The quantitative estimate of drug-likeness (QED) is 0.588. The highest BCUT2D eigenvalue weighted by Crippen LogP contribution is 2.46. The molecule has 0 aromatic heterocycles. The van der Waals surface area contributed by atoms with Crippen molar-refractivity contribution in [1.29, 1.82) is 0 Å². The predicted molar refractivity (Wildman–Crippen MR) is 136 cm³/mol. The zero-order valence-corrected chi connectivity index (χ0v) is 21.3. The number of ether oxygens (including phenoxy) is 1. The maximum absolute atomic E-state index is 13.6. The molecule has 0 radical (unpaired) electrons. The van der Waals surface area contributed by atoms with Crippen LogP contribution in [0.15, 0.2) is 54.6 Å². The van der Waals surface area contributed by atoms with E-state index in [-0.39, 0.29) is 24.5 Å². The van der Waals surface area contributed by atoms with Gasteiger partial charge in [-0.2, -0.15) is 0 Å². The monoisotopic (exact) mass is 498 g/mol. The first-order chi connectivity index (χ1) is 16.7. The van der Waals surface area contributed by atoms with Crippen molar-refractivity contribution in [2.75, 3.05) is 13.1 Å². The number of piperidine rings is 1. The van der Waals surface area contributed by atoms with E-state index in [1.807, 2.05) is 61.2 Å². The van der Waals surface area contributed by atoms with Crippen LogP contribution in [0.25, 0.3) is 0 Å². The van der Waals surface area contributed by atoms with Gasteiger partial charge >= 0.3 is 6.09 Å². The fourth-order valence-electron chi connectivity index (χ4n) is 5.52. The largest absolute Gasteiger partial charge is 0.445 e. The number of amides is 2. The summed E-state index contributed by atoms with van der Waals surface area (Å²) in [6, 6.07) is 16.6. The molecule has 4 rings (SSSR count). The van der Waals surface area contributed by atoms with Gasteiger partial charge in [0.1, 0.15) is 6.61 Å². The lowest BCUT2D eigenvalue weighted by Crippen LogP contribution is -2.59. The molecule has 2 fully saturated rings. The molecule has 188 valence electrons. The van der Waals surface area contributed by atoms with E-state index in [9.17, 15) is 14.7 Å². The molecule has 0 bridgehead atoms. The zero-order chi connectivity index (χ0) is 25.1. The van der Waals surface area contributed by atoms with Gasteiger partial charge < -0.3 is 20.1 Å². The third kappa shape index (κ3) is 5.65. The summed E-state index contributed by atoms with van der Waals surface area (Å²) in [4.78, 5) is 28.0. The van der Waals surface area contributed by atoms with Gasteiger partial charge in [-0.3, -0.25) is 4.79 Å². The Hall–Kier alpha value is -2.57. The minimum absolute atomic E-state index is 0.0456. The standard InChI is InChI=1S/C28H35ClN2O4/c1-27(2)19-31(17-16-28(27,34)21-12-14-22(29)15-13-21)25(32)23-10-6-7-11-24(23)30-26(33)35-18-20-8-4-3-5-9-20/h3-5,8-9,12-15,23-24,34H,6-7,10-11,16-19H2,1-2H3,(H,30,33)/t23?,24?,28-/m0/s1. The maximum Gasteiger partial charge on any atom is 0.407 e. The fraction of sp³-hybridized carbons (Fsp3) is 0.500. The lowest BCUT2D eigenvalue weighted by molar-refractivity contribution is -0.158.